The minimum Gasteiger partial charge on any atom is -0.481 e. The van der Waals surface area contributed by atoms with Crippen LogP contribution in [0.4, 0.5) is 0 Å². The molecule has 0 spiro atoms. The van der Waals surface area contributed by atoms with Crippen molar-refractivity contribution in [2.45, 2.75) is 65.2 Å². The van der Waals surface area contributed by atoms with E-state index in [0.717, 1.165) is 12.8 Å². The zero-order chi connectivity index (χ0) is 20.4. The Morgan fingerprint density at radius 1 is 1.07 bits per heavy atom. The minimum atomic E-state index is -1.29. The highest BCUT2D eigenvalue weighted by Gasteiger charge is 2.51. The second kappa shape index (κ2) is 10.8. The first-order valence-corrected chi connectivity index (χ1v) is 9.37. The first-order chi connectivity index (χ1) is 12.8. The van der Waals surface area contributed by atoms with Gasteiger partial charge >= 0.3 is 17.9 Å². The van der Waals surface area contributed by atoms with Crippen molar-refractivity contribution >= 4 is 29.5 Å². The summed E-state index contributed by atoms with van der Waals surface area (Å²) in [4.78, 5) is 56.2. The van der Waals surface area contributed by atoms with Gasteiger partial charge in [0, 0.05) is 18.8 Å². The van der Waals surface area contributed by atoms with Crippen molar-refractivity contribution in [3.8, 4) is 0 Å². The van der Waals surface area contributed by atoms with E-state index in [2.05, 4.69) is 0 Å². The number of hydrogen-bond acceptors (Lipinski definition) is 7. The van der Waals surface area contributed by atoms with Crippen LogP contribution in [0.15, 0.2) is 0 Å². The predicted molar refractivity (Wildman–Crippen MR) is 93.8 cm³/mol. The molecule has 0 aromatic carbocycles. The molecule has 2 fully saturated rings. The highest BCUT2D eigenvalue weighted by atomic mass is 16.5. The van der Waals surface area contributed by atoms with Crippen molar-refractivity contribution in [2.24, 2.45) is 11.3 Å². The van der Waals surface area contributed by atoms with Crippen molar-refractivity contribution in [3.63, 3.8) is 0 Å². The van der Waals surface area contributed by atoms with Crippen molar-refractivity contribution in [1.82, 2.24) is 0 Å². The quantitative estimate of drug-likeness (QED) is 0.522. The van der Waals surface area contributed by atoms with Crippen molar-refractivity contribution in [3.05, 3.63) is 0 Å². The van der Waals surface area contributed by atoms with Crippen LogP contribution in [-0.2, 0) is 33.4 Å². The normalized spacial score (nSPS) is 24.1. The lowest BCUT2D eigenvalue weighted by Crippen LogP contribution is -2.39. The zero-order valence-electron chi connectivity index (χ0n) is 16.0. The maximum Gasteiger partial charge on any atom is 0.320 e. The van der Waals surface area contributed by atoms with Crippen LogP contribution >= 0.6 is 0 Å². The molecule has 2 unspecified atom stereocenters. The van der Waals surface area contributed by atoms with Crippen LogP contribution in [0.3, 0.4) is 0 Å². The summed E-state index contributed by atoms with van der Waals surface area (Å²) >= 11 is 0. The molecule has 0 aromatic heterocycles. The third kappa shape index (κ3) is 6.45. The molecule has 0 aliphatic heterocycles. The monoisotopic (exact) mass is 384 g/mol. The first-order valence-electron chi connectivity index (χ1n) is 9.37. The van der Waals surface area contributed by atoms with Crippen LogP contribution in [-0.4, -0.2) is 47.8 Å². The van der Waals surface area contributed by atoms with Crippen LogP contribution in [0, 0.1) is 11.3 Å². The Morgan fingerprint density at radius 2 is 1.74 bits per heavy atom. The molecular weight excluding hydrogens is 356 g/mol. The molecule has 152 valence electrons. The van der Waals surface area contributed by atoms with Gasteiger partial charge in [0.15, 0.2) is 5.78 Å². The van der Waals surface area contributed by atoms with Gasteiger partial charge < -0.3 is 14.6 Å². The standard InChI is InChI=1S/C12H18O5.C7H10O3/c1-3-16-10(14)8-12(11(15)17-4-2)7-5-6-9(12)13;8-6-3-1-2-5(6)4-7(9)10/h3-8H2,1-2H3;5H,1-4H2,(H,9,10). The second-order valence-electron chi connectivity index (χ2n) is 6.71. The maximum absolute atomic E-state index is 11.9. The van der Waals surface area contributed by atoms with Gasteiger partial charge in [-0.2, -0.15) is 0 Å². The summed E-state index contributed by atoms with van der Waals surface area (Å²) in [6.45, 7) is 3.81. The summed E-state index contributed by atoms with van der Waals surface area (Å²) in [6.07, 6.45) is 3.38. The number of esters is 2. The molecule has 1 N–H and O–H groups in total. The zero-order valence-corrected chi connectivity index (χ0v) is 16.0. The molecule has 0 heterocycles. The summed E-state index contributed by atoms with van der Waals surface area (Å²) in [5, 5.41) is 8.34. The molecule has 2 atom stereocenters. The van der Waals surface area contributed by atoms with E-state index in [0.29, 0.717) is 25.7 Å². The first kappa shape index (κ1) is 22.8. The van der Waals surface area contributed by atoms with E-state index >= 15 is 0 Å². The number of hydrogen-bond donors (Lipinski definition) is 1. The van der Waals surface area contributed by atoms with Crippen LogP contribution in [0.1, 0.15) is 65.2 Å². The van der Waals surface area contributed by atoms with Gasteiger partial charge in [0.2, 0.25) is 0 Å². The Hall–Kier alpha value is -2.25. The number of carbonyl (C=O) groups excluding carboxylic acids is 4. The summed E-state index contributed by atoms with van der Waals surface area (Å²) in [7, 11) is 0. The van der Waals surface area contributed by atoms with Crippen molar-refractivity contribution in [2.75, 3.05) is 13.2 Å². The van der Waals surface area contributed by atoms with Crippen LogP contribution < -0.4 is 0 Å². The Labute approximate surface area is 158 Å². The van der Waals surface area contributed by atoms with Gasteiger partial charge in [-0.15, -0.1) is 0 Å². The molecule has 2 saturated carbocycles. The molecule has 0 amide bonds. The van der Waals surface area contributed by atoms with Gasteiger partial charge in [-0.3, -0.25) is 24.0 Å². The maximum atomic E-state index is 11.9. The van der Waals surface area contributed by atoms with Gasteiger partial charge in [-0.05, 0) is 39.5 Å². The lowest BCUT2D eigenvalue weighted by Gasteiger charge is -2.23. The molecule has 2 rings (SSSR count). The molecule has 8 nitrogen and oxygen atoms in total. The van der Waals surface area contributed by atoms with Crippen LogP contribution in [0.5, 0.6) is 0 Å². The largest absolute Gasteiger partial charge is 0.481 e. The van der Waals surface area contributed by atoms with Crippen LogP contribution in [0.25, 0.3) is 0 Å². The van der Waals surface area contributed by atoms with Gasteiger partial charge in [0.1, 0.15) is 11.2 Å². The summed E-state index contributed by atoms with van der Waals surface area (Å²) < 4.78 is 9.72. The Morgan fingerprint density at radius 3 is 2.19 bits per heavy atom. The average molecular weight is 384 g/mol. The number of carbonyl (C=O) groups is 5. The van der Waals surface area contributed by atoms with Crippen molar-refractivity contribution in [1.29, 1.82) is 0 Å². The number of carboxylic acid groups (broad SMARTS) is 1. The summed E-state index contributed by atoms with van der Waals surface area (Å²) in [5.41, 5.74) is -1.29. The van der Waals surface area contributed by atoms with E-state index in [1.807, 2.05) is 0 Å². The summed E-state index contributed by atoms with van der Waals surface area (Å²) in [6, 6.07) is 0. The highest BCUT2D eigenvalue weighted by Crippen LogP contribution is 2.39. The van der Waals surface area contributed by atoms with Gasteiger partial charge in [0.05, 0.1) is 26.1 Å². The van der Waals surface area contributed by atoms with E-state index in [1.54, 1.807) is 13.8 Å². The van der Waals surface area contributed by atoms with Crippen LogP contribution in [0.2, 0.25) is 0 Å². The predicted octanol–water partition coefficient (Wildman–Crippen LogP) is 2.07. The number of rotatable bonds is 7. The fourth-order valence-corrected chi connectivity index (χ4v) is 3.45. The third-order valence-electron chi connectivity index (χ3n) is 4.81. The van der Waals surface area contributed by atoms with Gasteiger partial charge in [-0.1, -0.05) is 0 Å². The molecule has 0 aromatic rings. The number of Topliss-reactive ketones (excluding diaryl/α,β-unsaturated/α-hetero) is 2. The van der Waals surface area contributed by atoms with Gasteiger partial charge in [-0.25, -0.2) is 0 Å². The topological polar surface area (TPSA) is 124 Å². The van der Waals surface area contributed by atoms with Crippen molar-refractivity contribution < 1.29 is 38.6 Å². The smallest absolute Gasteiger partial charge is 0.320 e. The molecule has 0 bridgehead atoms. The lowest BCUT2D eigenvalue weighted by atomic mass is 9.82. The summed E-state index contributed by atoms with van der Waals surface area (Å²) in [5.74, 6) is -2.23. The van der Waals surface area contributed by atoms with E-state index in [-0.39, 0.29) is 43.5 Å². The molecule has 27 heavy (non-hydrogen) atoms. The number of aliphatic carboxylic acids is 1. The van der Waals surface area contributed by atoms with Gasteiger partial charge in [0.25, 0.3) is 0 Å². The number of ether oxygens (including phenoxy) is 2. The van der Waals surface area contributed by atoms with E-state index in [9.17, 15) is 24.0 Å². The Kier molecular flexibility index (Phi) is 9.11. The van der Waals surface area contributed by atoms with E-state index < -0.39 is 23.3 Å². The SMILES string of the molecule is CCOC(=O)CC1(C(=O)OCC)CCCC1=O.O=C(O)CC1CCCC1=O. The number of carboxylic acids is 1. The molecule has 2 aliphatic rings. The molecular formula is C19H28O8. The minimum absolute atomic E-state index is 0.0266. The second-order valence-corrected chi connectivity index (χ2v) is 6.71. The lowest BCUT2D eigenvalue weighted by molar-refractivity contribution is -0.165. The molecule has 2 aliphatic carbocycles. The molecule has 8 heteroatoms. The Bertz CT molecular complexity index is 582. The number of ketones is 2. The third-order valence-corrected chi connectivity index (χ3v) is 4.81. The molecule has 0 saturated heterocycles. The highest BCUT2D eigenvalue weighted by molar-refractivity contribution is 6.07. The fraction of sp³-hybridized carbons (Fsp3) is 0.737. The fourth-order valence-electron chi connectivity index (χ4n) is 3.45. The molecule has 0 radical (unpaired) electrons. The van der Waals surface area contributed by atoms with E-state index in [4.69, 9.17) is 14.6 Å². The average Bonchev–Trinajstić information content (AvgIpc) is 3.15. The van der Waals surface area contributed by atoms with E-state index in [1.165, 1.54) is 0 Å². The Balaban J connectivity index is 0.000000309.